The Balaban J connectivity index is 2.09. The number of nitrogens with one attached hydrogen (secondary N) is 1. The number of hydrogen-bond donors (Lipinski definition) is 2. The van der Waals surface area contributed by atoms with Crippen LogP contribution in [0.15, 0.2) is 12.1 Å². The molecule has 1 fully saturated rings. The average Bonchev–Trinajstić information content (AvgIpc) is 2.31. The van der Waals surface area contributed by atoms with Crippen LogP contribution in [0.4, 0.5) is 8.78 Å². The van der Waals surface area contributed by atoms with Crippen molar-refractivity contribution >= 4 is 11.9 Å². The quantitative estimate of drug-likeness (QED) is 0.890. The highest BCUT2D eigenvalue weighted by atomic mass is 19.1. The lowest BCUT2D eigenvalue weighted by Crippen LogP contribution is -2.47. The maximum Gasteiger partial charge on any atom is 0.311 e. The summed E-state index contributed by atoms with van der Waals surface area (Å²) in [7, 11) is 0. The van der Waals surface area contributed by atoms with Gasteiger partial charge in [0.1, 0.15) is 11.6 Å². The van der Waals surface area contributed by atoms with Crippen LogP contribution in [0.3, 0.4) is 0 Å². The maximum absolute atomic E-state index is 13.5. The molecule has 1 aromatic rings. The first-order chi connectivity index (χ1) is 9.35. The lowest BCUT2D eigenvalue weighted by molar-refractivity contribution is -0.153. The number of rotatable bonds is 4. The smallest absolute Gasteiger partial charge is 0.311 e. The van der Waals surface area contributed by atoms with Crippen molar-refractivity contribution in [2.24, 2.45) is 5.41 Å². The van der Waals surface area contributed by atoms with Gasteiger partial charge < -0.3 is 10.4 Å². The first kappa shape index (κ1) is 14.4. The summed E-state index contributed by atoms with van der Waals surface area (Å²) in [6.07, 6.45) is 1.78. The highest BCUT2D eigenvalue weighted by molar-refractivity contribution is 5.95. The molecule has 0 unspecified atom stereocenters. The molecule has 6 heteroatoms. The van der Waals surface area contributed by atoms with E-state index in [-0.39, 0.29) is 17.7 Å². The number of carboxylic acid groups (broad SMARTS) is 1. The summed E-state index contributed by atoms with van der Waals surface area (Å²) < 4.78 is 26.7. The van der Waals surface area contributed by atoms with E-state index in [0.717, 1.165) is 12.5 Å². The SMILES string of the molecule is Cc1cc(C(=O)NCC2(C(=O)O)CCC2)c(F)cc1F. The van der Waals surface area contributed by atoms with E-state index in [1.165, 1.54) is 6.92 Å². The Kier molecular flexibility index (Phi) is 3.74. The summed E-state index contributed by atoms with van der Waals surface area (Å²) in [5.41, 5.74) is -1.06. The minimum absolute atomic E-state index is 0.0446. The van der Waals surface area contributed by atoms with Gasteiger partial charge in [-0.15, -0.1) is 0 Å². The number of aryl methyl sites for hydroxylation is 1. The molecule has 0 bridgehead atoms. The number of aliphatic carboxylic acids is 1. The lowest BCUT2D eigenvalue weighted by Gasteiger charge is -2.37. The van der Waals surface area contributed by atoms with Gasteiger partial charge in [-0.3, -0.25) is 9.59 Å². The van der Waals surface area contributed by atoms with E-state index in [4.69, 9.17) is 5.11 Å². The molecule has 0 atom stereocenters. The Bertz CT molecular complexity index is 568. The third-order valence-corrected chi connectivity index (χ3v) is 3.84. The minimum atomic E-state index is -0.959. The van der Waals surface area contributed by atoms with Crippen molar-refractivity contribution in [3.63, 3.8) is 0 Å². The predicted octanol–water partition coefficient (Wildman–Crippen LogP) is 2.26. The van der Waals surface area contributed by atoms with Crippen LogP contribution < -0.4 is 5.32 Å². The van der Waals surface area contributed by atoms with Gasteiger partial charge in [0.15, 0.2) is 0 Å². The monoisotopic (exact) mass is 283 g/mol. The molecule has 2 rings (SSSR count). The highest BCUT2D eigenvalue weighted by Crippen LogP contribution is 2.40. The van der Waals surface area contributed by atoms with Crippen LogP contribution in [0.1, 0.15) is 35.2 Å². The minimum Gasteiger partial charge on any atom is -0.481 e. The van der Waals surface area contributed by atoms with E-state index < -0.39 is 28.9 Å². The molecule has 0 aromatic heterocycles. The molecule has 1 aliphatic rings. The molecule has 108 valence electrons. The van der Waals surface area contributed by atoms with E-state index in [9.17, 15) is 18.4 Å². The van der Waals surface area contributed by atoms with Gasteiger partial charge in [-0.05, 0) is 31.4 Å². The number of carboxylic acids is 1. The van der Waals surface area contributed by atoms with Crippen molar-refractivity contribution in [2.75, 3.05) is 6.54 Å². The second kappa shape index (κ2) is 5.19. The van der Waals surface area contributed by atoms with Gasteiger partial charge in [-0.2, -0.15) is 0 Å². The van der Waals surface area contributed by atoms with Crippen LogP contribution in [0, 0.1) is 24.0 Å². The van der Waals surface area contributed by atoms with E-state index in [1.807, 2.05) is 0 Å². The summed E-state index contributed by atoms with van der Waals surface area (Å²) in [4.78, 5) is 23.0. The molecule has 2 N–H and O–H groups in total. The lowest BCUT2D eigenvalue weighted by atomic mass is 9.69. The summed E-state index contributed by atoms with van der Waals surface area (Å²) >= 11 is 0. The standard InChI is InChI=1S/C14H15F2NO3/c1-8-5-9(11(16)6-10(8)15)12(18)17-7-14(13(19)20)3-2-4-14/h5-6H,2-4,7H2,1H3,(H,17,18)(H,19,20). The van der Waals surface area contributed by atoms with Crippen LogP contribution in [0.25, 0.3) is 0 Å². The molecule has 0 heterocycles. The Labute approximate surface area is 114 Å². The molecule has 0 saturated heterocycles. The normalized spacial score (nSPS) is 16.4. The molecule has 0 spiro atoms. The zero-order valence-corrected chi connectivity index (χ0v) is 11.0. The fourth-order valence-corrected chi connectivity index (χ4v) is 2.25. The first-order valence-electron chi connectivity index (χ1n) is 6.33. The summed E-state index contributed by atoms with van der Waals surface area (Å²) in [6, 6.07) is 1.77. The van der Waals surface area contributed by atoms with Gasteiger partial charge in [0.25, 0.3) is 5.91 Å². The summed E-state index contributed by atoms with van der Waals surface area (Å²) in [6.45, 7) is 1.38. The van der Waals surface area contributed by atoms with Crippen molar-refractivity contribution in [3.8, 4) is 0 Å². The molecule has 20 heavy (non-hydrogen) atoms. The van der Waals surface area contributed by atoms with Crippen LogP contribution in [0.5, 0.6) is 0 Å². The van der Waals surface area contributed by atoms with E-state index in [2.05, 4.69) is 5.32 Å². The van der Waals surface area contributed by atoms with E-state index >= 15 is 0 Å². The van der Waals surface area contributed by atoms with Gasteiger partial charge in [-0.25, -0.2) is 8.78 Å². The molecule has 4 nitrogen and oxygen atoms in total. The third kappa shape index (κ3) is 2.50. The van der Waals surface area contributed by atoms with Crippen LogP contribution in [-0.2, 0) is 4.79 Å². The number of halogens is 2. The van der Waals surface area contributed by atoms with Crippen LogP contribution in [-0.4, -0.2) is 23.5 Å². The Hall–Kier alpha value is -1.98. The van der Waals surface area contributed by atoms with Gasteiger partial charge in [-0.1, -0.05) is 6.42 Å². The second-order valence-corrected chi connectivity index (χ2v) is 5.20. The molecule has 0 aliphatic heterocycles. The van der Waals surface area contributed by atoms with E-state index in [1.54, 1.807) is 0 Å². The van der Waals surface area contributed by atoms with Crippen molar-refractivity contribution in [1.29, 1.82) is 0 Å². The molecular formula is C14H15F2NO3. The number of amides is 1. The van der Waals surface area contributed by atoms with Crippen molar-refractivity contribution in [3.05, 3.63) is 34.9 Å². The van der Waals surface area contributed by atoms with Gasteiger partial charge in [0, 0.05) is 12.6 Å². The fraction of sp³-hybridized carbons (Fsp3) is 0.429. The number of carbonyl (C=O) groups is 2. The first-order valence-corrected chi connectivity index (χ1v) is 6.33. The third-order valence-electron chi connectivity index (χ3n) is 3.84. The number of benzene rings is 1. The zero-order chi connectivity index (χ0) is 14.9. The molecule has 1 aliphatic carbocycles. The Morgan fingerprint density at radius 3 is 2.45 bits per heavy atom. The Morgan fingerprint density at radius 2 is 1.95 bits per heavy atom. The molecule has 1 amide bonds. The molecule has 0 radical (unpaired) electrons. The van der Waals surface area contributed by atoms with Gasteiger partial charge in [0.2, 0.25) is 0 Å². The van der Waals surface area contributed by atoms with Crippen molar-refractivity contribution in [1.82, 2.24) is 5.32 Å². The summed E-state index contributed by atoms with van der Waals surface area (Å²) in [5.74, 6) is -3.36. The Morgan fingerprint density at radius 1 is 1.30 bits per heavy atom. The van der Waals surface area contributed by atoms with Crippen molar-refractivity contribution in [2.45, 2.75) is 26.2 Å². The fourth-order valence-electron chi connectivity index (χ4n) is 2.25. The topological polar surface area (TPSA) is 66.4 Å². The molecule has 1 saturated carbocycles. The van der Waals surface area contributed by atoms with E-state index in [0.29, 0.717) is 18.9 Å². The second-order valence-electron chi connectivity index (χ2n) is 5.20. The van der Waals surface area contributed by atoms with Crippen LogP contribution in [0.2, 0.25) is 0 Å². The summed E-state index contributed by atoms with van der Waals surface area (Å²) in [5, 5.41) is 11.6. The number of hydrogen-bond acceptors (Lipinski definition) is 2. The zero-order valence-electron chi connectivity index (χ0n) is 11.0. The molecule has 1 aromatic carbocycles. The van der Waals surface area contributed by atoms with Crippen molar-refractivity contribution < 1.29 is 23.5 Å². The molecular weight excluding hydrogens is 268 g/mol. The average molecular weight is 283 g/mol. The largest absolute Gasteiger partial charge is 0.481 e. The highest BCUT2D eigenvalue weighted by Gasteiger charge is 2.44. The number of carbonyl (C=O) groups excluding carboxylic acids is 1. The van der Waals surface area contributed by atoms with Crippen LogP contribution >= 0.6 is 0 Å². The maximum atomic E-state index is 13.5. The van der Waals surface area contributed by atoms with Gasteiger partial charge >= 0.3 is 5.97 Å². The predicted molar refractivity (Wildman–Crippen MR) is 67.3 cm³/mol. The van der Waals surface area contributed by atoms with Gasteiger partial charge in [0.05, 0.1) is 11.0 Å².